The van der Waals surface area contributed by atoms with Gasteiger partial charge < -0.3 is 4.90 Å². The summed E-state index contributed by atoms with van der Waals surface area (Å²) < 4.78 is 26.2. The van der Waals surface area contributed by atoms with Gasteiger partial charge >= 0.3 is 6.03 Å². The molecule has 9 heteroatoms. The molecule has 4 rings (SSSR count). The first kappa shape index (κ1) is 27.5. The highest BCUT2D eigenvalue weighted by Gasteiger charge is 2.22. The normalized spacial score (nSPS) is 11.6. The minimum atomic E-state index is -3.50. The molecule has 0 aliphatic heterocycles. The Bertz CT molecular complexity index is 1400. The van der Waals surface area contributed by atoms with Crippen LogP contribution in [0.2, 0.25) is 0 Å². The van der Waals surface area contributed by atoms with Gasteiger partial charge in [-0.2, -0.15) is 0 Å². The average Bonchev–Trinajstić information content (AvgIpc) is 3.40. The number of carbonyl (C=O) groups excluding carboxylic acids is 1. The maximum Gasteiger partial charge on any atom is 0.323 e. The number of nitrogens with zero attached hydrogens (tertiary/aromatic N) is 2. The smallest absolute Gasteiger partial charge is 0.322 e. The second-order valence-corrected chi connectivity index (χ2v) is 11.9. The summed E-state index contributed by atoms with van der Waals surface area (Å²) in [4.78, 5) is 19.9. The van der Waals surface area contributed by atoms with Crippen LogP contribution < -0.4 is 10.0 Å². The van der Waals surface area contributed by atoms with E-state index >= 15 is 0 Å². The van der Waals surface area contributed by atoms with Crippen molar-refractivity contribution >= 4 is 32.5 Å². The fourth-order valence-corrected chi connectivity index (χ4v) is 5.75. The molecular formula is C29H32N4O3S2. The van der Waals surface area contributed by atoms with Gasteiger partial charge in [-0.3, -0.25) is 5.32 Å². The molecule has 4 aromatic rings. The SMILES string of the molecule is CNS(=O)(=O)c1ccc(-c2csc(NC(=O)N(CCC(c3ccccc3)c3ccccc3)C(C)C)n2)cc1. The maximum atomic E-state index is 13.3. The van der Waals surface area contributed by atoms with Gasteiger partial charge in [0, 0.05) is 29.4 Å². The lowest BCUT2D eigenvalue weighted by molar-refractivity contribution is 0.195. The summed E-state index contributed by atoms with van der Waals surface area (Å²) in [5, 5.41) is 5.29. The molecule has 2 N–H and O–H groups in total. The van der Waals surface area contributed by atoms with Gasteiger partial charge in [0.25, 0.3) is 0 Å². The summed E-state index contributed by atoms with van der Waals surface area (Å²) >= 11 is 1.33. The van der Waals surface area contributed by atoms with Crippen LogP contribution in [0.5, 0.6) is 0 Å². The van der Waals surface area contributed by atoms with Crippen LogP contribution in [0.3, 0.4) is 0 Å². The molecule has 0 spiro atoms. The minimum absolute atomic E-state index is 0.00305. The van der Waals surface area contributed by atoms with E-state index in [1.807, 2.05) is 60.5 Å². The van der Waals surface area contributed by atoms with Crippen molar-refractivity contribution in [2.24, 2.45) is 0 Å². The van der Waals surface area contributed by atoms with Gasteiger partial charge in [-0.25, -0.2) is 22.9 Å². The zero-order valence-electron chi connectivity index (χ0n) is 21.7. The topological polar surface area (TPSA) is 91.4 Å². The highest BCUT2D eigenvalue weighted by Crippen LogP contribution is 2.29. The summed E-state index contributed by atoms with van der Waals surface area (Å²) in [6, 6.07) is 27.0. The monoisotopic (exact) mass is 548 g/mol. The number of thiazole rings is 1. The Balaban J connectivity index is 1.45. The van der Waals surface area contributed by atoms with E-state index in [9.17, 15) is 13.2 Å². The number of amides is 2. The molecule has 0 unspecified atom stereocenters. The molecule has 0 saturated carbocycles. The lowest BCUT2D eigenvalue weighted by Crippen LogP contribution is -2.41. The Morgan fingerprint density at radius 3 is 2.03 bits per heavy atom. The van der Waals surface area contributed by atoms with Crippen molar-refractivity contribution < 1.29 is 13.2 Å². The quantitative estimate of drug-likeness (QED) is 0.247. The molecular weight excluding hydrogens is 516 g/mol. The zero-order valence-corrected chi connectivity index (χ0v) is 23.3. The molecule has 1 heterocycles. The third-order valence-electron chi connectivity index (χ3n) is 6.39. The minimum Gasteiger partial charge on any atom is -0.322 e. The van der Waals surface area contributed by atoms with Crippen LogP contribution in [0, 0.1) is 0 Å². The van der Waals surface area contributed by atoms with Crippen molar-refractivity contribution in [2.75, 3.05) is 18.9 Å². The molecule has 0 atom stereocenters. The van der Waals surface area contributed by atoms with Gasteiger partial charge in [0.05, 0.1) is 10.6 Å². The van der Waals surface area contributed by atoms with E-state index in [0.717, 1.165) is 12.0 Å². The highest BCUT2D eigenvalue weighted by atomic mass is 32.2. The van der Waals surface area contributed by atoms with Crippen LogP contribution in [0.25, 0.3) is 11.3 Å². The van der Waals surface area contributed by atoms with E-state index in [1.165, 1.54) is 41.6 Å². The number of hydrogen-bond donors (Lipinski definition) is 2. The lowest BCUT2D eigenvalue weighted by atomic mass is 9.88. The van der Waals surface area contributed by atoms with Crippen LogP contribution in [0.4, 0.5) is 9.93 Å². The summed E-state index contributed by atoms with van der Waals surface area (Å²) in [6.45, 7) is 4.60. The van der Waals surface area contributed by atoms with E-state index < -0.39 is 10.0 Å². The zero-order chi connectivity index (χ0) is 27.1. The summed E-state index contributed by atoms with van der Waals surface area (Å²) in [5.41, 5.74) is 3.89. The fourth-order valence-electron chi connectivity index (χ4n) is 4.31. The van der Waals surface area contributed by atoms with Crippen molar-refractivity contribution in [1.29, 1.82) is 0 Å². The molecule has 1 aromatic heterocycles. The van der Waals surface area contributed by atoms with E-state index in [1.54, 1.807) is 12.1 Å². The highest BCUT2D eigenvalue weighted by molar-refractivity contribution is 7.89. The van der Waals surface area contributed by atoms with Gasteiger partial charge in [-0.1, -0.05) is 72.8 Å². The maximum absolute atomic E-state index is 13.3. The molecule has 0 bridgehead atoms. The number of anilines is 1. The molecule has 38 heavy (non-hydrogen) atoms. The van der Waals surface area contributed by atoms with Crippen LogP contribution in [0.1, 0.15) is 37.3 Å². The number of aromatic nitrogens is 1. The number of carbonyl (C=O) groups is 1. The number of benzene rings is 3. The first-order valence-electron chi connectivity index (χ1n) is 12.5. The molecule has 0 aliphatic carbocycles. The third kappa shape index (κ3) is 6.66. The lowest BCUT2D eigenvalue weighted by Gasteiger charge is -2.29. The average molecular weight is 549 g/mol. The predicted molar refractivity (Wildman–Crippen MR) is 154 cm³/mol. The predicted octanol–water partition coefficient (Wildman–Crippen LogP) is 6.18. The van der Waals surface area contributed by atoms with E-state index in [0.29, 0.717) is 17.4 Å². The molecule has 3 aromatic carbocycles. The first-order valence-corrected chi connectivity index (χ1v) is 14.8. The van der Waals surface area contributed by atoms with Crippen LogP contribution in [-0.4, -0.2) is 44.0 Å². The number of hydrogen-bond acceptors (Lipinski definition) is 5. The summed E-state index contributed by atoms with van der Waals surface area (Å²) in [7, 11) is -2.13. The largest absolute Gasteiger partial charge is 0.323 e. The first-order chi connectivity index (χ1) is 18.3. The molecule has 0 radical (unpaired) electrons. The molecule has 7 nitrogen and oxygen atoms in total. The second-order valence-electron chi connectivity index (χ2n) is 9.15. The molecule has 0 fully saturated rings. The van der Waals surface area contributed by atoms with Crippen molar-refractivity contribution in [3.05, 3.63) is 101 Å². The molecule has 198 valence electrons. The molecule has 2 amide bonds. The van der Waals surface area contributed by atoms with Gasteiger partial charge in [0.1, 0.15) is 0 Å². The third-order valence-corrected chi connectivity index (χ3v) is 8.58. The van der Waals surface area contributed by atoms with E-state index in [2.05, 4.69) is 39.3 Å². The number of nitrogens with one attached hydrogen (secondary N) is 2. The van der Waals surface area contributed by atoms with E-state index in [4.69, 9.17) is 0 Å². The summed E-state index contributed by atoms with van der Waals surface area (Å²) in [6.07, 6.45) is 0.782. The number of rotatable bonds is 10. The van der Waals surface area contributed by atoms with Gasteiger partial charge in [0.2, 0.25) is 10.0 Å². The Kier molecular flexibility index (Phi) is 8.93. The number of sulfonamides is 1. The van der Waals surface area contributed by atoms with Crippen molar-refractivity contribution in [3.8, 4) is 11.3 Å². The Morgan fingerprint density at radius 2 is 1.50 bits per heavy atom. The fraction of sp³-hybridized carbons (Fsp3) is 0.241. The Labute approximate surface area is 228 Å². The van der Waals surface area contributed by atoms with Crippen molar-refractivity contribution in [2.45, 2.75) is 37.1 Å². The van der Waals surface area contributed by atoms with Crippen molar-refractivity contribution in [1.82, 2.24) is 14.6 Å². The number of urea groups is 1. The van der Waals surface area contributed by atoms with Crippen LogP contribution >= 0.6 is 11.3 Å². The second kappa shape index (κ2) is 12.3. The van der Waals surface area contributed by atoms with Crippen molar-refractivity contribution in [3.63, 3.8) is 0 Å². The van der Waals surface area contributed by atoms with E-state index in [-0.39, 0.29) is 22.9 Å². The van der Waals surface area contributed by atoms with Gasteiger partial charge in [-0.05, 0) is 50.6 Å². The van der Waals surface area contributed by atoms with Gasteiger partial charge in [0.15, 0.2) is 5.13 Å². The molecule has 0 aliphatic rings. The summed E-state index contributed by atoms with van der Waals surface area (Å²) in [5.74, 6) is 0.174. The standard InChI is InChI=1S/C29H32N4O3S2/c1-21(2)33(19-18-26(22-10-6-4-7-11-22)23-12-8-5-9-13-23)29(34)32-28-31-27(20-37-28)24-14-16-25(17-15-24)38(35,36)30-3/h4-17,20-21,26,30H,18-19H2,1-3H3,(H,31,32,34). The van der Waals surface area contributed by atoms with Gasteiger partial charge in [-0.15, -0.1) is 11.3 Å². The van der Waals surface area contributed by atoms with Crippen LogP contribution in [-0.2, 0) is 10.0 Å². The Morgan fingerprint density at radius 1 is 0.921 bits per heavy atom. The Hall–Kier alpha value is -3.53. The van der Waals surface area contributed by atoms with Crippen LogP contribution in [0.15, 0.2) is 95.2 Å². The molecule has 0 saturated heterocycles.